The van der Waals surface area contributed by atoms with Crippen LogP contribution >= 0.6 is 23.2 Å². The normalized spacial score (nSPS) is 12.5. The number of ether oxygens (including phenoxy) is 1. The van der Waals surface area contributed by atoms with E-state index in [-0.39, 0.29) is 28.7 Å². The highest BCUT2D eigenvalue weighted by atomic mass is 35.5. The molecule has 31 heavy (non-hydrogen) atoms. The molecule has 0 saturated heterocycles. The maximum atomic E-state index is 14.2. The van der Waals surface area contributed by atoms with Crippen LogP contribution in [0.3, 0.4) is 0 Å². The van der Waals surface area contributed by atoms with Gasteiger partial charge in [-0.15, -0.1) is 0 Å². The number of carbonyl (C=O) groups excluding carboxylic acids is 2. The molecule has 0 aliphatic rings. The monoisotopic (exact) mass is 490 g/mol. The average Bonchev–Trinajstić information content (AvgIpc) is 2.71. The second-order valence-corrected chi connectivity index (χ2v) is 9.17. The molecule has 0 bridgehead atoms. The second kappa shape index (κ2) is 10.4. The number of esters is 1. The largest absolute Gasteiger partial charge is 0.449 e. The van der Waals surface area contributed by atoms with Gasteiger partial charge in [0.1, 0.15) is 5.82 Å². The van der Waals surface area contributed by atoms with Gasteiger partial charge in [0.25, 0.3) is 5.91 Å². The Kier molecular flexibility index (Phi) is 8.41. The highest BCUT2D eigenvalue weighted by Gasteiger charge is 2.26. The summed E-state index contributed by atoms with van der Waals surface area (Å²) < 4.78 is 45.7. The first-order valence-electron chi connectivity index (χ1n) is 9.27. The molecule has 0 heterocycles. The number of benzene rings is 2. The summed E-state index contributed by atoms with van der Waals surface area (Å²) in [5.41, 5.74) is -0.394. The predicted octanol–water partition coefficient (Wildman–Crippen LogP) is 4.35. The highest BCUT2D eigenvalue weighted by Crippen LogP contribution is 2.26. The molecular formula is C20H21Cl2FN2O5S. The maximum Gasteiger partial charge on any atom is 0.341 e. The predicted molar refractivity (Wildman–Crippen MR) is 116 cm³/mol. The first-order chi connectivity index (χ1) is 14.5. The molecule has 1 N–H and O–H groups in total. The Hall–Kier alpha value is -2.20. The van der Waals surface area contributed by atoms with Gasteiger partial charge < -0.3 is 10.1 Å². The van der Waals surface area contributed by atoms with E-state index < -0.39 is 39.4 Å². The first-order valence-corrected chi connectivity index (χ1v) is 11.5. The molecule has 0 saturated carbocycles. The number of hydrogen-bond acceptors (Lipinski definition) is 5. The van der Waals surface area contributed by atoms with Crippen LogP contribution < -0.4 is 5.32 Å². The summed E-state index contributed by atoms with van der Waals surface area (Å²) in [7, 11) is -3.92. The Morgan fingerprint density at radius 1 is 1.13 bits per heavy atom. The van der Waals surface area contributed by atoms with Gasteiger partial charge in [0, 0.05) is 18.1 Å². The van der Waals surface area contributed by atoms with Crippen LogP contribution in [0.25, 0.3) is 0 Å². The molecule has 0 spiro atoms. The van der Waals surface area contributed by atoms with Crippen LogP contribution in [-0.2, 0) is 19.6 Å². The van der Waals surface area contributed by atoms with Gasteiger partial charge in [-0.05, 0) is 43.3 Å². The molecule has 0 fully saturated rings. The summed E-state index contributed by atoms with van der Waals surface area (Å²) in [6.45, 7) is 5.01. The summed E-state index contributed by atoms with van der Waals surface area (Å²) in [5.74, 6) is -2.90. The number of carbonyl (C=O) groups is 2. The van der Waals surface area contributed by atoms with Crippen molar-refractivity contribution in [1.82, 2.24) is 4.31 Å². The number of rotatable bonds is 8. The second-order valence-electron chi connectivity index (χ2n) is 6.39. The van der Waals surface area contributed by atoms with Crippen molar-refractivity contribution in [3.05, 3.63) is 57.8 Å². The minimum atomic E-state index is -3.92. The fourth-order valence-electron chi connectivity index (χ4n) is 2.64. The van der Waals surface area contributed by atoms with Crippen LogP contribution in [0.1, 0.15) is 31.1 Å². The quantitative estimate of drug-likeness (QED) is 0.555. The maximum absolute atomic E-state index is 14.2. The summed E-state index contributed by atoms with van der Waals surface area (Å²) in [6, 6.07) is 7.25. The fourth-order valence-corrected chi connectivity index (χ4v) is 4.46. The van der Waals surface area contributed by atoms with Crippen LogP contribution in [0, 0.1) is 5.82 Å². The van der Waals surface area contributed by atoms with Gasteiger partial charge in [0.15, 0.2) is 6.10 Å². The zero-order valence-corrected chi connectivity index (χ0v) is 19.3. The van der Waals surface area contributed by atoms with Crippen molar-refractivity contribution >= 4 is 50.8 Å². The van der Waals surface area contributed by atoms with E-state index in [1.165, 1.54) is 29.4 Å². The standard InChI is InChI=1S/C20H21Cl2FN2O5S/c1-4-25(5-2)31(28,29)14-7-9-17(23)15(11-14)20(27)30-12(3)19(26)24-18-10-13(21)6-8-16(18)22/h6-12H,4-5H2,1-3H3,(H,24,26). The molecule has 2 aromatic carbocycles. The number of halogens is 3. The highest BCUT2D eigenvalue weighted by molar-refractivity contribution is 7.89. The van der Waals surface area contributed by atoms with Crippen molar-refractivity contribution in [1.29, 1.82) is 0 Å². The minimum absolute atomic E-state index is 0.208. The van der Waals surface area contributed by atoms with Crippen LogP contribution in [-0.4, -0.2) is 43.8 Å². The van der Waals surface area contributed by atoms with Crippen LogP contribution in [0.4, 0.5) is 10.1 Å². The van der Waals surface area contributed by atoms with Gasteiger partial charge in [-0.3, -0.25) is 4.79 Å². The number of sulfonamides is 1. The molecule has 168 valence electrons. The van der Waals surface area contributed by atoms with E-state index in [1.807, 2.05) is 0 Å². The van der Waals surface area contributed by atoms with E-state index in [4.69, 9.17) is 27.9 Å². The summed E-state index contributed by atoms with van der Waals surface area (Å²) in [5, 5.41) is 3.01. The lowest BCUT2D eigenvalue weighted by molar-refractivity contribution is -0.123. The lowest BCUT2D eigenvalue weighted by Gasteiger charge is -2.19. The molecule has 0 aliphatic carbocycles. The molecular weight excluding hydrogens is 470 g/mol. The fraction of sp³-hybridized carbons (Fsp3) is 0.300. The van der Waals surface area contributed by atoms with Gasteiger partial charge in [-0.2, -0.15) is 4.31 Å². The summed E-state index contributed by atoms with van der Waals surface area (Å²) in [4.78, 5) is 24.5. The van der Waals surface area contributed by atoms with Gasteiger partial charge >= 0.3 is 5.97 Å². The Morgan fingerprint density at radius 2 is 1.77 bits per heavy atom. The van der Waals surface area contributed by atoms with Crippen molar-refractivity contribution < 1.29 is 27.1 Å². The van der Waals surface area contributed by atoms with Gasteiger partial charge in [-0.1, -0.05) is 37.0 Å². The molecule has 0 aliphatic heterocycles. The topological polar surface area (TPSA) is 92.8 Å². The van der Waals surface area contributed by atoms with E-state index >= 15 is 0 Å². The molecule has 11 heteroatoms. The molecule has 0 radical (unpaired) electrons. The van der Waals surface area contributed by atoms with E-state index in [1.54, 1.807) is 13.8 Å². The van der Waals surface area contributed by atoms with Crippen LogP contribution in [0.2, 0.25) is 10.0 Å². The van der Waals surface area contributed by atoms with E-state index in [0.29, 0.717) is 5.02 Å². The number of anilines is 1. The third kappa shape index (κ3) is 5.94. The van der Waals surface area contributed by atoms with Gasteiger partial charge in [-0.25, -0.2) is 17.6 Å². The number of nitrogens with zero attached hydrogens (tertiary/aromatic N) is 1. The number of nitrogens with one attached hydrogen (secondary N) is 1. The molecule has 1 amide bonds. The number of hydrogen-bond donors (Lipinski definition) is 1. The van der Waals surface area contributed by atoms with E-state index in [0.717, 1.165) is 18.2 Å². The van der Waals surface area contributed by atoms with Crippen molar-refractivity contribution in [3.8, 4) is 0 Å². The Labute approximate surface area is 190 Å². The Bertz CT molecular complexity index is 1090. The zero-order chi connectivity index (χ0) is 23.3. The Morgan fingerprint density at radius 3 is 2.39 bits per heavy atom. The van der Waals surface area contributed by atoms with Gasteiger partial charge in [0.2, 0.25) is 10.0 Å². The SMILES string of the molecule is CCN(CC)S(=O)(=O)c1ccc(F)c(C(=O)OC(C)C(=O)Nc2cc(Cl)ccc2Cl)c1. The smallest absolute Gasteiger partial charge is 0.341 e. The van der Waals surface area contributed by atoms with Crippen molar-refractivity contribution in [2.45, 2.75) is 31.8 Å². The summed E-state index contributed by atoms with van der Waals surface area (Å²) >= 11 is 11.9. The molecule has 1 atom stereocenters. The Balaban J connectivity index is 2.21. The van der Waals surface area contributed by atoms with Crippen LogP contribution in [0.15, 0.2) is 41.3 Å². The van der Waals surface area contributed by atoms with E-state index in [2.05, 4.69) is 5.32 Å². The lowest BCUT2D eigenvalue weighted by atomic mass is 10.2. The average molecular weight is 491 g/mol. The first kappa shape index (κ1) is 25.1. The number of amides is 1. The lowest BCUT2D eigenvalue weighted by Crippen LogP contribution is -2.31. The summed E-state index contributed by atoms with van der Waals surface area (Å²) in [6.07, 6.45) is -1.33. The van der Waals surface area contributed by atoms with Crippen molar-refractivity contribution in [2.75, 3.05) is 18.4 Å². The third-order valence-corrected chi connectivity index (χ3v) is 6.95. The molecule has 1 unspecified atom stereocenters. The van der Waals surface area contributed by atoms with Crippen molar-refractivity contribution in [2.24, 2.45) is 0 Å². The third-order valence-electron chi connectivity index (χ3n) is 4.34. The zero-order valence-electron chi connectivity index (χ0n) is 17.0. The minimum Gasteiger partial charge on any atom is -0.449 e. The molecule has 7 nitrogen and oxygen atoms in total. The van der Waals surface area contributed by atoms with E-state index in [9.17, 15) is 22.4 Å². The molecule has 2 rings (SSSR count). The molecule has 0 aromatic heterocycles. The van der Waals surface area contributed by atoms with Gasteiger partial charge in [0.05, 0.1) is 21.2 Å². The molecule has 2 aromatic rings. The van der Waals surface area contributed by atoms with Crippen molar-refractivity contribution in [3.63, 3.8) is 0 Å². The van der Waals surface area contributed by atoms with Crippen LogP contribution in [0.5, 0.6) is 0 Å².